The Labute approximate surface area is 312 Å². The van der Waals surface area contributed by atoms with E-state index in [0.29, 0.717) is 23.9 Å². The van der Waals surface area contributed by atoms with Crippen molar-refractivity contribution in [3.05, 3.63) is 36.5 Å². The van der Waals surface area contributed by atoms with Gasteiger partial charge in [0.15, 0.2) is 6.10 Å². The molecule has 1 unspecified atom stereocenters. The highest BCUT2D eigenvalue weighted by Gasteiger charge is 2.21. The lowest BCUT2D eigenvalue weighted by atomic mass is 10.1. The van der Waals surface area contributed by atoms with Gasteiger partial charge in [0, 0.05) is 12.8 Å². The summed E-state index contributed by atoms with van der Waals surface area (Å²) in [5, 5.41) is 0. The maximum absolute atomic E-state index is 12.6. The average molecular weight is 742 g/mol. The van der Waals surface area contributed by atoms with Gasteiger partial charge in [-0.1, -0.05) is 115 Å². The van der Waals surface area contributed by atoms with E-state index in [4.69, 9.17) is 18.5 Å². The summed E-state index contributed by atoms with van der Waals surface area (Å²) < 4.78 is 33.7. The maximum Gasteiger partial charge on any atom is 0.306 e. The van der Waals surface area contributed by atoms with Crippen LogP contribution in [-0.4, -0.2) is 70.0 Å². The molecule has 0 aliphatic heterocycles. The molecule has 0 aliphatic rings. The van der Waals surface area contributed by atoms with Gasteiger partial charge in [0.05, 0.1) is 27.7 Å². The second-order valence-corrected chi connectivity index (χ2v) is 16.1. The van der Waals surface area contributed by atoms with Gasteiger partial charge in [0.25, 0.3) is 7.82 Å². The molecule has 0 saturated carbocycles. The van der Waals surface area contributed by atoms with Gasteiger partial charge in [-0.15, -0.1) is 0 Å². The van der Waals surface area contributed by atoms with E-state index in [2.05, 4.69) is 50.3 Å². The third-order valence-corrected chi connectivity index (χ3v) is 9.35. The summed E-state index contributed by atoms with van der Waals surface area (Å²) in [5.41, 5.74) is 0. The third-order valence-electron chi connectivity index (χ3n) is 8.38. The maximum atomic E-state index is 12.6. The first kappa shape index (κ1) is 49.2. The van der Waals surface area contributed by atoms with Crippen LogP contribution >= 0.6 is 7.82 Å². The molecule has 0 heterocycles. The lowest BCUT2D eigenvalue weighted by Gasteiger charge is -2.28. The topological polar surface area (TPSA) is 111 Å². The van der Waals surface area contributed by atoms with Gasteiger partial charge < -0.3 is 27.9 Å². The number of likely N-dealkylation sites (N-methyl/N-ethyl adjacent to an activating group) is 1. The van der Waals surface area contributed by atoms with Gasteiger partial charge in [0.2, 0.25) is 0 Å². The predicted molar refractivity (Wildman–Crippen MR) is 208 cm³/mol. The predicted octanol–water partition coefficient (Wildman–Crippen LogP) is 10.3. The van der Waals surface area contributed by atoms with E-state index in [1.54, 1.807) is 0 Å². The minimum absolute atomic E-state index is 0.0376. The van der Waals surface area contributed by atoms with E-state index >= 15 is 0 Å². The number of carbonyl (C=O) groups is 2. The van der Waals surface area contributed by atoms with Crippen molar-refractivity contribution >= 4 is 19.8 Å². The van der Waals surface area contributed by atoms with Crippen LogP contribution in [0.15, 0.2) is 36.5 Å². The van der Waals surface area contributed by atoms with Crippen LogP contribution in [0, 0.1) is 0 Å². The summed E-state index contributed by atoms with van der Waals surface area (Å²) in [6.07, 6.45) is 36.0. The minimum atomic E-state index is -4.63. The Hall–Kier alpha value is -1.77. The van der Waals surface area contributed by atoms with E-state index in [1.807, 2.05) is 21.1 Å². The summed E-state index contributed by atoms with van der Waals surface area (Å²) in [5.74, 6) is -0.886. The number of phosphoric acid groups is 1. The van der Waals surface area contributed by atoms with Crippen molar-refractivity contribution in [1.82, 2.24) is 0 Å². The molecule has 0 aromatic carbocycles. The fraction of sp³-hybridized carbons (Fsp3) is 0.805. The Balaban J connectivity index is 4.48. The Morgan fingerprint density at radius 1 is 0.608 bits per heavy atom. The number of ether oxygens (including phenoxy) is 2. The molecule has 2 atom stereocenters. The molecule has 0 saturated heterocycles. The van der Waals surface area contributed by atoms with Crippen LogP contribution < -0.4 is 4.89 Å². The first-order valence-electron chi connectivity index (χ1n) is 20.2. The van der Waals surface area contributed by atoms with E-state index in [-0.39, 0.29) is 26.1 Å². The molecule has 0 aliphatic carbocycles. The Kier molecular flexibility index (Phi) is 32.8. The van der Waals surface area contributed by atoms with Crippen molar-refractivity contribution in [2.45, 2.75) is 168 Å². The van der Waals surface area contributed by atoms with Gasteiger partial charge in [-0.3, -0.25) is 14.2 Å². The fourth-order valence-electron chi connectivity index (χ4n) is 5.15. The number of unbranched alkanes of at least 4 members (excludes halogenated alkanes) is 16. The molecule has 0 amide bonds. The van der Waals surface area contributed by atoms with Crippen LogP contribution in [0.1, 0.15) is 162 Å². The van der Waals surface area contributed by atoms with Crippen molar-refractivity contribution in [1.29, 1.82) is 0 Å². The monoisotopic (exact) mass is 742 g/mol. The average Bonchev–Trinajstić information content (AvgIpc) is 3.07. The van der Waals surface area contributed by atoms with Gasteiger partial charge in [0.1, 0.15) is 19.8 Å². The molecule has 0 fully saturated rings. The Morgan fingerprint density at radius 3 is 1.65 bits per heavy atom. The minimum Gasteiger partial charge on any atom is -0.756 e. The van der Waals surface area contributed by atoms with Crippen LogP contribution in [0.2, 0.25) is 0 Å². The second-order valence-electron chi connectivity index (χ2n) is 14.6. The second kappa shape index (κ2) is 34.0. The molecule has 0 N–H and O–H groups in total. The quantitative estimate of drug-likeness (QED) is 0.0205. The first-order valence-corrected chi connectivity index (χ1v) is 21.7. The van der Waals surface area contributed by atoms with Gasteiger partial charge in [-0.25, -0.2) is 0 Å². The van der Waals surface area contributed by atoms with E-state index < -0.39 is 32.5 Å². The zero-order chi connectivity index (χ0) is 37.9. The number of quaternary nitrogens is 1. The number of esters is 2. The molecule has 0 bridgehead atoms. The van der Waals surface area contributed by atoms with Crippen molar-refractivity contribution in [3.8, 4) is 0 Å². The number of nitrogens with zero attached hydrogens (tertiary/aromatic N) is 1. The van der Waals surface area contributed by atoms with Gasteiger partial charge in [-0.05, 0) is 70.6 Å². The summed E-state index contributed by atoms with van der Waals surface area (Å²) in [6.45, 7) is 4.13. The molecule has 0 spiro atoms. The molecule has 0 aromatic rings. The normalized spacial score (nSPS) is 14.1. The SMILES string of the molecule is CCCCC/C=C/CCCCCCCC(=O)O[C@H](COC(=O)CCCC/C=C/C/C=C/CCCCCCCC)COP(=O)([O-])OCC[N+](C)(C)C. The molecular weight excluding hydrogens is 665 g/mol. The lowest BCUT2D eigenvalue weighted by Crippen LogP contribution is -2.37. The molecule has 9 nitrogen and oxygen atoms in total. The van der Waals surface area contributed by atoms with Crippen LogP contribution in [0.3, 0.4) is 0 Å². The summed E-state index contributed by atoms with van der Waals surface area (Å²) in [6, 6.07) is 0. The van der Waals surface area contributed by atoms with Crippen LogP contribution in [0.4, 0.5) is 0 Å². The number of hydrogen-bond donors (Lipinski definition) is 0. The van der Waals surface area contributed by atoms with E-state index in [9.17, 15) is 19.0 Å². The number of carbonyl (C=O) groups excluding carboxylic acids is 2. The number of allylic oxidation sites excluding steroid dienone is 6. The summed E-state index contributed by atoms with van der Waals surface area (Å²) in [7, 11) is 1.14. The highest BCUT2D eigenvalue weighted by Crippen LogP contribution is 2.38. The molecule has 0 rings (SSSR count). The van der Waals surface area contributed by atoms with Crippen LogP contribution in [0.5, 0.6) is 0 Å². The highest BCUT2D eigenvalue weighted by molar-refractivity contribution is 7.45. The summed E-state index contributed by atoms with van der Waals surface area (Å²) in [4.78, 5) is 37.3. The van der Waals surface area contributed by atoms with Crippen LogP contribution in [-0.2, 0) is 32.7 Å². The Morgan fingerprint density at radius 2 is 1.06 bits per heavy atom. The number of rotatable bonds is 36. The first-order chi connectivity index (χ1) is 24.5. The molecule has 0 radical (unpaired) electrons. The fourth-order valence-corrected chi connectivity index (χ4v) is 5.88. The van der Waals surface area contributed by atoms with E-state index in [0.717, 1.165) is 64.2 Å². The van der Waals surface area contributed by atoms with Crippen molar-refractivity contribution in [3.63, 3.8) is 0 Å². The van der Waals surface area contributed by atoms with Crippen molar-refractivity contribution in [2.24, 2.45) is 0 Å². The van der Waals surface area contributed by atoms with Gasteiger partial charge >= 0.3 is 11.9 Å². The van der Waals surface area contributed by atoms with Crippen molar-refractivity contribution < 1.29 is 42.1 Å². The van der Waals surface area contributed by atoms with Crippen molar-refractivity contribution in [2.75, 3.05) is 47.5 Å². The molecule has 10 heteroatoms. The number of hydrogen-bond acceptors (Lipinski definition) is 8. The standard InChI is InChI=1S/C41H76NO8P/c1-6-8-10-12-14-16-18-20-21-22-24-25-27-29-31-33-40(43)47-37-39(38-49-51(45,46)48-36-35-42(3,4)5)50-41(44)34-32-30-28-26-23-19-17-15-13-11-9-7-2/h15,17,20-21,24-25,39H,6-14,16,18-19,22-23,26-38H2,1-5H3/b17-15+,21-20+,25-24+/t39-/m1/s1. The molecule has 298 valence electrons. The molecule has 51 heavy (non-hydrogen) atoms. The third kappa shape index (κ3) is 37.8. The Bertz CT molecular complexity index is 975. The van der Waals surface area contributed by atoms with Gasteiger partial charge in [-0.2, -0.15) is 0 Å². The smallest absolute Gasteiger partial charge is 0.306 e. The highest BCUT2D eigenvalue weighted by atomic mass is 31.2. The zero-order valence-electron chi connectivity index (χ0n) is 33.3. The molecular formula is C41H76NO8P. The van der Waals surface area contributed by atoms with E-state index in [1.165, 1.54) is 57.8 Å². The van der Waals surface area contributed by atoms with Crippen LogP contribution in [0.25, 0.3) is 0 Å². The zero-order valence-corrected chi connectivity index (χ0v) is 34.2. The largest absolute Gasteiger partial charge is 0.756 e. The lowest BCUT2D eigenvalue weighted by molar-refractivity contribution is -0.870. The number of phosphoric ester groups is 1. The summed E-state index contributed by atoms with van der Waals surface area (Å²) >= 11 is 0. The molecule has 0 aromatic heterocycles.